The van der Waals surface area contributed by atoms with Gasteiger partial charge in [0.25, 0.3) is 0 Å². The second kappa shape index (κ2) is 7.19. The van der Waals surface area contributed by atoms with Crippen molar-refractivity contribution in [1.29, 1.82) is 0 Å². The number of aromatic nitrogens is 2. The van der Waals surface area contributed by atoms with Crippen molar-refractivity contribution in [2.45, 2.75) is 38.0 Å². The number of rotatable bonds is 5. The fourth-order valence-corrected chi connectivity index (χ4v) is 3.18. The van der Waals surface area contributed by atoms with E-state index in [1.54, 1.807) is 6.20 Å². The highest BCUT2D eigenvalue weighted by atomic mass is 19.2. The van der Waals surface area contributed by atoms with Gasteiger partial charge in [0, 0.05) is 25.0 Å². The van der Waals surface area contributed by atoms with E-state index < -0.39 is 17.7 Å². The average Bonchev–Trinajstić information content (AvgIpc) is 3.05. The minimum atomic E-state index is -0.923. The Bertz CT molecular complexity index is 633. The molecule has 1 aromatic heterocycles. The summed E-state index contributed by atoms with van der Waals surface area (Å²) in [5.74, 6) is -1.82. The summed E-state index contributed by atoms with van der Waals surface area (Å²) in [6.07, 6.45) is 6.14. The fraction of sp³-hybridized carbons (Fsp3) is 0.471. The Morgan fingerprint density at radius 3 is 2.87 bits per heavy atom. The third-order valence-electron chi connectivity index (χ3n) is 4.44. The molecule has 0 saturated carbocycles. The van der Waals surface area contributed by atoms with Crippen LogP contribution in [0.1, 0.15) is 30.9 Å². The lowest BCUT2D eigenvalue weighted by Gasteiger charge is -2.37. The summed E-state index contributed by atoms with van der Waals surface area (Å²) >= 11 is 0. The Kier molecular flexibility index (Phi) is 5.03. The Labute approximate surface area is 134 Å². The molecule has 3 rings (SSSR count). The number of nitrogens with zero attached hydrogens (tertiary/aromatic N) is 3. The Hall–Kier alpha value is -1.79. The molecule has 1 aromatic carbocycles. The molecule has 0 amide bonds. The Morgan fingerprint density at radius 2 is 2.13 bits per heavy atom. The SMILES string of the molecule is OC(CN1CCCCC1Cn1cccn1)c1ccc(F)c(F)c1. The van der Waals surface area contributed by atoms with Crippen LogP contribution in [0.15, 0.2) is 36.7 Å². The van der Waals surface area contributed by atoms with Gasteiger partial charge >= 0.3 is 0 Å². The first-order chi connectivity index (χ1) is 11.1. The molecular formula is C17H21F2N3O. The van der Waals surface area contributed by atoms with Crippen LogP contribution in [-0.2, 0) is 6.54 Å². The molecule has 2 aromatic rings. The number of halogens is 2. The van der Waals surface area contributed by atoms with Crippen LogP contribution < -0.4 is 0 Å². The van der Waals surface area contributed by atoms with Crippen molar-refractivity contribution in [2.24, 2.45) is 0 Å². The van der Waals surface area contributed by atoms with Crippen LogP contribution in [0.4, 0.5) is 8.78 Å². The normalized spacial score (nSPS) is 20.6. The molecule has 1 saturated heterocycles. The van der Waals surface area contributed by atoms with Gasteiger partial charge < -0.3 is 5.11 Å². The maximum atomic E-state index is 13.3. The first-order valence-corrected chi connectivity index (χ1v) is 7.98. The third-order valence-corrected chi connectivity index (χ3v) is 4.44. The van der Waals surface area contributed by atoms with Crippen LogP contribution in [-0.4, -0.2) is 38.9 Å². The van der Waals surface area contributed by atoms with Crippen LogP contribution >= 0.6 is 0 Å². The minimum absolute atomic E-state index is 0.295. The van der Waals surface area contributed by atoms with Crippen molar-refractivity contribution in [3.8, 4) is 0 Å². The summed E-state index contributed by atoms with van der Waals surface area (Å²) in [6, 6.07) is 5.76. The number of aliphatic hydroxyl groups excluding tert-OH is 1. The van der Waals surface area contributed by atoms with Crippen LogP contribution in [0, 0.1) is 11.6 Å². The van der Waals surface area contributed by atoms with Gasteiger partial charge in [-0.3, -0.25) is 9.58 Å². The molecule has 0 bridgehead atoms. The van der Waals surface area contributed by atoms with E-state index in [0.29, 0.717) is 18.2 Å². The lowest BCUT2D eigenvalue weighted by atomic mass is 10.00. The van der Waals surface area contributed by atoms with Crippen molar-refractivity contribution < 1.29 is 13.9 Å². The quantitative estimate of drug-likeness (QED) is 0.921. The number of benzene rings is 1. The highest BCUT2D eigenvalue weighted by Gasteiger charge is 2.25. The molecule has 0 aliphatic carbocycles. The maximum Gasteiger partial charge on any atom is 0.159 e. The van der Waals surface area contributed by atoms with Gasteiger partial charge in [-0.05, 0) is 43.1 Å². The summed E-state index contributed by atoms with van der Waals surface area (Å²) in [7, 11) is 0. The van der Waals surface area contributed by atoms with Crippen LogP contribution in [0.2, 0.25) is 0 Å². The second-order valence-electron chi connectivity index (χ2n) is 6.06. The van der Waals surface area contributed by atoms with E-state index in [4.69, 9.17) is 0 Å². The molecule has 23 heavy (non-hydrogen) atoms. The first kappa shape index (κ1) is 16.1. The van der Waals surface area contributed by atoms with Crippen LogP contribution in [0.25, 0.3) is 0 Å². The van der Waals surface area contributed by atoms with Gasteiger partial charge in [0.1, 0.15) is 0 Å². The Morgan fingerprint density at radius 1 is 1.26 bits per heavy atom. The monoisotopic (exact) mass is 321 g/mol. The van der Waals surface area contributed by atoms with Crippen LogP contribution in [0.5, 0.6) is 0 Å². The van der Waals surface area contributed by atoms with E-state index in [1.165, 1.54) is 6.07 Å². The van der Waals surface area contributed by atoms with Crippen molar-refractivity contribution in [2.75, 3.05) is 13.1 Å². The molecular weight excluding hydrogens is 300 g/mol. The van der Waals surface area contributed by atoms with Gasteiger partial charge in [-0.2, -0.15) is 5.10 Å². The fourth-order valence-electron chi connectivity index (χ4n) is 3.18. The summed E-state index contributed by atoms with van der Waals surface area (Å²) < 4.78 is 28.2. The maximum absolute atomic E-state index is 13.3. The number of piperidine rings is 1. The number of likely N-dealkylation sites (tertiary alicyclic amines) is 1. The molecule has 2 heterocycles. The molecule has 1 fully saturated rings. The molecule has 0 radical (unpaired) electrons. The van der Waals surface area contributed by atoms with E-state index >= 15 is 0 Å². The molecule has 2 unspecified atom stereocenters. The smallest absolute Gasteiger partial charge is 0.159 e. The van der Waals surface area contributed by atoms with E-state index in [0.717, 1.165) is 44.5 Å². The zero-order valence-electron chi connectivity index (χ0n) is 12.9. The highest BCUT2D eigenvalue weighted by Crippen LogP contribution is 2.23. The first-order valence-electron chi connectivity index (χ1n) is 7.98. The van der Waals surface area contributed by atoms with Crippen LogP contribution in [0.3, 0.4) is 0 Å². The number of hydrogen-bond donors (Lipinski definition) is 1. The van der Waals surface area contributed by atoms with E-state index in [1.807, 2.05) is 16.9 Å². The van der Waals surface area contributed by atoms with E-state index in [9.17, 15) is 13.9 Å². The summed E-state index contributed by atoms with van der Waals surface area (Å²) in [4.78, 5) is 2.22. The Balaban J connectivity index is 1.67. The van der Waals surface area contributed by atoms with Gasteiger partial charge in [-0.1, -0.05) is 12.5 Å². The molecule has 0 spiro atoms. The molecule has 1 N–H and O–H groups in total. The van der Waals surface area contributed by atoms with Crippen molar-refractivity contribution in [3.63, 3.8) is 0 Å². The lowest BCUT2D eigenvalue weighted by molar-refractivity contribution is 0.0589. The van der Waals surface area contributed by atoms with Gasteiger partial charge in [-0.15, -0.1) is 0 Å². The lowest BCUT2D eigenvalue weighted by Crippen LogP contribution is -2.44. The third kappa shape index (κ3) is 3.95. The van der Waals surface area contributed by atoms with Gasteiger partial charge in [0.05, 0.1) is 12.6 Å². The molecule has 2 atom stereocenters. The summed E-state index contributed by atoms with van der Waals surface area (Å²) in [6.45, 7) is 2.08. The van der Waals surface area contributed by atoms with Gasteiger partial charge in [-0.25, -0.2) is 8.78 Å². The summed E-state index contributed by atoms with van der Waals surface area (Å²) in [5, 5.41) is 14.6. The molecule has 1 aliphatic heterocycles. The van der Waals surface area contributed by atoms with Crippen molar-refractivity contribution in [3.05, 3.63) is 53.9 Å². The van der Waals surface area contributed by atoms with Gasteiger partial charge in [0.2, 0.25) is 0 Å². The number of hydrogen-bond acceptors (Lipinski definition) is 3. The summed E-state index contributed by atoms with van der Waals surface area (Å²) in [5.41, 5.74) is 0.410. The molecule has 1 aliphatic rings. The van der Waals surface area contributed by atoms with Crippen molar-refractivity contribution >= 4 is 0 Å². The molecule has 4 nitrogen and oxygen atoms in total. The standard InChI is InChI=1S/C17H21F2N3O/c18-15-6-5-13(10-16(15)19)17(23)12-21-8-2-1-4-14(21)11-22-9-3-7-20-22/h3,5-7,9-10,14,17,23H,1-2,4,8,11-12H2. The number of aliphatic hydroxyl groups is 1. The zero-order valence-corrected chi connectivity index (χ0v) is 12.9. The van der Waals surface area contributed by atoms with Crippen molar-refractivity contribution in [1.82, 2.24) is 14.7 Å². The molecule has 124 valence electrons. The predicted molar refractivity (Wildman–Crippen MR) is 82.8 cm³/mol. The highest BCUT2D eigenvalue weighted by molar-refractivity contribution is 5.20. The average molecular weight is 321 g/mol. The topological polar surface area (TPSA) is 41.3 Å². The predicted octanol–water partition coefficient (Wildman–Crippen LogP) is 2.75. The largest absolute Gasteiger partial charge is 0.387 e. The van der Waals surface area contributed by atoms with E-state index in [2.05, 4.69) is 10.00 Å². The zero-order chi connectivity index (χ0) is 16.2. The van der Waals surface area contributed by atoms with E-state index in [-0.39, 0.29) is 0 Å². The minimum Gasteiger partial charge on any atom is -0.387 e. The molecule has 6 heteroatoms. The van der Waals surface area contributed by atoms with Gasteiger partial charge in [0.15, 0.2) is 11.6 Å². The number of β-amino-alcohol motifs (C(OH)–C–C–N with tert-alkyl or cyclic N) is 1. The second-order valence-corrected chi connectivity index (χ2v) is 6.06.